The van der Waals surface area contributed by atoms with Crippen LogP contribution >= 0.6 is 0 Å². The molecule has 0 bridgehead atoms. The maximum absolute atomic E-state index is 4.59. The third-order valence-corrected chi connectivity index (χ3v) is 4.01. The third kappa shape index (κ3) is 2.51. The van der Waals surface area contributed by atoms with Crippen molar-refractivity contribution in [2.75, 3.05) is 7.05 Å². The Bertz CT molecular complexity index is 539. The van der Waals surface area contributed by atoms with Crippen molar-refractivity contribution in [1.29, 1.82) is 0 Å². The topological polar surface area (TPSA) is 37.8 Å². The van der Waals surface area contributed by atoms with Crippen LogP contribution in [0.3, 0.4) is 0 Å². The first-order valence-corrected chi connectivity index (χ1v) is 6.89. The smallest absolute Gasteiger partial charge is 0.0482 e. The van der Waals surface area contributed by atoms with Crippen molar-refractivity contribution >= 4 is 0 Å². The molecule has 2 heterocycles. The van der Waals surface area contributed by atoms with Crippen LogP contribution < -0.4 is 5.32 Å². The zero-order valence-corrected chi connectivity index (χ0v) is 11.2. The first-order valence-electron chi connectivity index (χ1n) is 6.89. The van der Waals surface area contributed by atoms with Crippen molar-refractivity contribution in [2.45, 2.75) is 31.2 Å². The van der Waals surface area contributed by atoms with Gasteiger partial charge in [0.15, 0.2) is 0 Å². The van der Waals surface area contributed by atoms with Gasteiger partial charge in [0, 0.05) is 42.2 Å². The van der Waals surface area contributed by atoms with Crippen LogP contribution in [0, 0.1) is 0 Å². The van der Waals surface area contributed by atoms with Crippen LogP contribution in [0.25, 0.3) is 0 Å². The maximum atomic E-state index is 4.59. The van der Waals surface area contributed by atoms with E-state index in [9.17, 15) is 0 Å². The van der Waals surface area contributed by atoms with Crippen molar-refractivity contribution in [1.82, 2.24) is 15.3 Å². The molecular formula is C16H19N3. The number of hydrogen-bond donors (Lipinski definition) is 1. The molecule has 2 aromatic rings. The summed E-state index contributed by atoms with van der Waals surface area (Å²) in [5.74, 6) is 0.503. The van der Waals surface area contributed by atoms with Gasteiger partial charge in [-0.2, -0.15) is 0 Å². The maximum Gasteiger partial charge on any atom is 0.0482 e. The van der Waals surface area contributed by atoms with Crippen molar-refractivity contribution in [3.8, 4) is 0 Å². The summed E-state index contributed by atoms with van der Waals surface area (Å²) in [6.45, 7) is 0. The van der Waals surface area contributed by atoms with Gasteiger partial charge in [-0.3, -0.25) is 9.97 Å². The second-order valence-corrected chi connectivity index (χ2v) is 5.11. The van der Waals surface area contributed by atoms with E-state index in [1.54, 1.807) is 0 Å². The summed E-state index contributed by atoms with van der Waals surface area (Å²) in [5, 5.41) is 3.45. The first-order chi connectivity index (χ1) is 9.38. The zero-order chi connectivity index (χ0) is 13.1. The molecule has 0 radical (unpaired) electrons. The minimum Gasteiger partial charge on any atom is -0.316 e. The van der Waals surface area contributed by atoms with E-state index < -0.39 is 0 Å². The molecule has 0 amide bonds. The number of aryl methyl sites for hydroxylation is 1. The average Bonchev–Trinajstić information content (AvgIpc) is 2.90. The quantitative estimate of drug-likeness (QED) is 0.909. The molecule has 3 heteroatoms. The van der Waals surface area contributed by atoms with E-state index in [0.717, 1.165) is 18.5 Å². The number of rotatable bonds is 4. The van der Waals surface area contributed by atoms with Crippen LogP contribution in [-0.2, 0) is 12.8 Å². The summed E-state index contributed by atoms with van der Waals surface area (Å²) in [5.41, 5.74) is 3.83. The van der Waals surface area contributed by atoms with E-state index >= 15 is 0 Å². The highest BCUT2D eigenvalue weighted by atomic mass is 14.9. The number of aromatic nitrogens is 2. The van der Waals surface area contributed by atoms with Crippen molar-refractivity contribution in [2.24, 2.45) is 0 Å². The Kier molecular flexibility index (Phi) is 3.56. The van der Waals surface area contributed by atoms with E-state index in [4.69, 9.17) is 0 Å². The van der Waals surface area contributed by atoms with E-state index in [2.05, 4.69) is 33.5 Å². The Morgan fingerprint density at radius 2 is 2.11 bits per heavy atom. The second-order valence-electron chi connectivity index (χ2n) is 5.11. The fourth-order valence-electron chi connectivity index (χ4n) is 3.03. The largest absolute Gasteiger partial charge is 0.316 e. The van der Waals surface area contributed by atoms with Gasteiger partial charge < -0.3 is 5.32 Å². The van der Waals surface area contributed by atoms with Crippen LogP contribution in [0.1, 0.15) is 29.3 Å². The summed E-state index contributed by atoms with van der Waals surface area (Å²) in [6.07, 6.45) is 7.06. The van der Waals surface area contributed by atoms with Crippen molar-refractivity contribution < 1.29 is 0 Å². The minimum absolute atomic E-state index is 0.408. The normalized spacial score (nSPS) is 19.1. The standard InChI is InChI=1S/C16H19N3/c1-17-15(11-13-6-2-3-9-18-13)14-8-7-12-5-4-10-19-16(12)14/h2-6,9-10,14-15,17H,7-8,11H2,1H3. The molecular weight excluding hydrogens is 234 g/mol. The summed E-state index contributed by atoms with van der Waals surface area (Å²) in [7, 11) is 2.04. The molecule has 0 spiro atoms. The van der Waals surface area contributed by atoms with Gasteiger partial charge in [-0.25, -0.2) is 0 Å². The lowest BCUT2D eigenvalue weighted by Gasteiger charge is -2.23. The highest BCUT2D eigenvalue weighted by Gasteiger charge is 2.30. The Morgan fingerprint density at radius 3 is 2.89 bits per heavy atom. The molecule has 0 aliphatic heterocycles. The summed E-state index contributed by atoms with van der Waals surface area (Å²) < 4.78 is 0. The molecule has 98 valence electrons. The zero-order valence-electron chi connectivity index (χ0n) is 11.2. The number of pyridine rings is 2. The molecule has 1 N–H and O–H groups in total. The predicted octanol–water partition coefficient (Wildman–Crippen LogP) is 2.34. The van der Waals surface area contributed by atoms with Crippen LogP contribution in [0.5, 0.6) is 0 Å². The first kappa shape index (κ1) is 12.3. The molecule has 2 atom stereocenters. The van der Waals surface area contributed by atoms with Crippen LogP contribution in [0.4, 0.5) is 0 Å². The van der Waals surface area contributed by atoms with Crippen LogP contribution in [0.2, 0.25) is 0 Å². The lowest BCUT2D eigenvalue weighted by Crippen LogP contribution is -2.34. The molecule has 2 aromatic heterocycles. The predicted molar refractivity (Wildman–Crippen MR) is 76.1 cm³/mol. The number of nitrogens with one attached hydrogen (secondary N) is 1. The van der Waals surface area contributed by atoms with Gasteiger partial charge in [0.2, 0.25) is 0 Å². The van der Waals surface area contributed by atoms with Gasteiger partial charge >= 0.3 is 0 Å². The lowest BCUT2D eigenvalue weighted by atomic mass is 9.93. The molecule has 0 saturated carbocycles. The molecule has 0 aromatic carbocycles. The Morgan fingerprint density at radius 1 is 1.21 bits per heavy atom. The van der Waals surface area contributed by atoms with Gasteiger partial charge in [-0.1, -0.05) is 12.1 Å². The highest BCUT2D eigenvalue weighted by molar-refractivity contribution is 5.30. The SMILES string of the molecule is CNC(Cc1ccccn1)C1CCc2cccnc21. The summed E-state index contributed by atoms with van der Waals surface area (Å²) >= 11 is 0. The van der Waals surface area contributed by atoms with Crippen LogP contribution in [-0.4, -0.2) is 23.1 Å². The molecule has 1 aliphatic carbocycles. The molecule has 0 saturated heterocycles. The lowest BCUT2D eigenvalue weighted by molar-refractivity contribution is 0.447. The van der Waals surface area contributed by atoms with E-state index in [1.165, 1.54) is 17.7 Å². The molecule has 1 aliphatic rings. The summed E-state index contributed by atoms with van der Waals surface area (Å²) in [6, 6.07) is 10.8. The van der Waals surface area contributed by atoms with E-state index in [-0.39, 0.29) is 0 Å². The van der Waals surface area contributed by atoms with E-state index in [0.29, 0.717) is 12.0 Å². The Balaban J connectivity index is 1.81. The Labute approximate surface area is 114 Å². The Hall–Kier alpha value is -1.74. The van der Waals surface area contributed by atoms with Crippen molar-refractivity contribution in [3.63, 3.8) is 0 Å². The molecule has 2 unspecified atom stereocenters. The molecule has 3 rings (SSSR count). The fourth-order valence-corrected chi connectivity index (χ4v) is 3.03. The highest BCUT2D eigenvalue weighted by Crippen LogP contribution is 2.34. The average molecular weight is 253 g/mol. The van der Waals surface area contributed by atoms with Gasteiger partial charge in [0.25, 0.3) is 0 Å². The van der Waals surface area contributed by atoms with Crippen molar-refractivity contribution in [3.05, 3.63) is 59.7 Å². The molecule has 3 nitrogen and oxygen atoms in total. The molecule has 0 fully saturated rings. The van der Waals surface area contributed by atoms with Crippen LogP contribution in [0.15, 0.2) is 42.7 Å². The third-order valence-electron chi connectivity index (χ3n) is 4.01. The summed E-state index contributed by atoms with van der Waals surface area (Å²) in [4.78, 5) is 9.02. The number of likely N-dealkylation sites (N-methyl/N-ethyl adjacent to an activating group) is 1. The van der Waals surface area contributed by atoms with Gasteiger partial charge in [0.05, 0.1) is 0 Å². The monoisotopic (exact) mass is 253 g/mol. The van der Waals surface area contributed by atoms with Gasteiger partial charge in [-0.05, 0) is 43.7 Å². The molecule has 19 heavy (non-hydrogen) atoms. The number of hydrogen-bond acceptors (Lipinski definition) is 3. The van der Waals surface area contributed by atoms with E-state index in [1.807, 2.05) is 31.6 Å². The second kappa shape index (κ2) is 5.49. The number of fused-ring (bicyclic) bond motifs is 1. The fraction of sp³-hybridized carbons (Fsp3) is 0.375. The van der Waals surface area contributed by atoms with Gasteiger partial charge in [-0.15, -0.1) is 0 Å². The number of nitrogens with zero attached hydrogens (tertiary/aromatic N) is 2. The minimum atomic E-state index is 0.408. The van der Waals surface area contributed by atoms with Gasteiger partial charge in [0.1, 0.15) is 0 Å².